The lowest BCUT2D eigenvalue weighted by Crippen LogP contribution is -2.39. The Morgan fingerprint density at radius 2 is 1.88 bits per heavy atom. The van der Waals surface area contributed by atoms with Gasteiger partial charge in [0.25, 0.3) is 0 Å². The second-order valence-corrected chi connectivity index (χ2v) is 6.83. The molecule has 7 nitrogen and oxygen atoms in total. The lowest BCUT2D eigenvalue weighted by atomic mass is 10.2. The van der Waals surface area contributed by atoms with Crippen LogP contribution in [-0.4, -0.2) is 28.7 Å². The van der Waals surface area contributed by atoms with Gasteiger partial charge in [0.05, 0.1) is 41.3 Å². The first-order valence-corrected chi connectivity index (χ1v) is 9.68. The second kappa shape index (κ2) is 9.47. The Labute approximate surface area is 186 Å². The van der Waals surface area contributed by atoms with E-state index in [1.807, 2.05) is 0 Å². The van der Waals surface area contributed by atoms with Gasteiger partial charge in [0.2, 0.25) is 6.29 Å². The topological polar surface area (TPSA) is 86.6 Å². The molecule has 0 saturated heterocycles. The van der Waals surface area contributed by atoms with Gasteiger partial charge < -0.3 is 10.6 Å². The summed E-state index contributed by atoms with van der Waals surface area (Å²) in [4.78, 5) is 12.3. The Morgan fingerprint density at radius 3 is 2.61 bits per heavy atom. The first-order chi connectivity index (χ1) is 15.9. The molecule has 0 saturated carbocycles. The minimum absolute atomic E-state index is 0.196. The summed E-state index contributed by atoms with van der Waals surface area (Å²) in [6.07, 6.45) is 0.414. The predicted octanol–water partition coefficient (Wildman–Crippen LogP) is 4.46. The summed E-state index contributed by atoms with van der Waals surface area (Å²) in [6, 6.07) is 13.3. The van der Waals surface area contributed by atoms with Crippen molar-refractivity contribution in [3.63, 3.8) is 0 Å². The van der Waals surface area contributed by atoms with Crippen LogP contribution in [0.4, 0.5) is 28.9 Å². The fraction of sp³-hybridized carbons (Fsp3) is 0.0909. The number of anilines is 2. The Kier molecular flexibility index (Phi) is 6.29. The number of hydrazone groups is 1. The highest BCUT2D eigenvalue weighted by molar-refractivity contribution is 5.88. The second-order valence-electron chi connectivity index (χ2n) is 6.83. The molecule has 0 amide bonds. The van der Waals surface area contributed by atoms with E-state index < -0.39 is 23.9 Å². The van der Waals surface area contributed by atoms with E-state index in [-0.39, 0.29) is 5.70 Å². The molecular formula is C22H17F4N7. The van der Waals surface area contributed by atoms with Crippen LogP contribution in [0.3, 0.4) is 0 Å². The number of alkyl halides is 3. The van der Waals surface area contributed by atoms with Crippen molar-refractivity contribution in [3.05, 3.63) is 89.8 Å². The van der Waals surface area contributed by atoms with Crippen molar-refractivity contribution in [1.82, 2.24) is 20.7 Å². The zero-order valence-electron chi connectivity index (χ0n) is 16.9. The summed E-state index contributed by atoms with van der Waals surface area (Å²) in [6.45, 7) is 0. The van der Waals surface area contributed by atoms with Crippen LogP contribution in [0.5, 0.6) is 0 Å². The molecule has 2 aromatic heterocycles. The van der Waals surface area contributed by atoms with Gasteiger partial charge in [-0.25, -0.2) is 9.38 Å². The largest absolute Gasteiger partial charge is 0.416 e. The van der Waals surface area contributed by atoms with E-state index in [1.165, 1.54) is 24.5 Å². The molecular weight excluding hydrogens is 438 g/mol. The third-order valence-corrected chi connectivity index (χ3v) is 4.44. The zero-order valence-corrected chi connectivity index (χ0v) is 16.9. The van der Waals surface area contributed by atoms with Crippen LogP contribution in [0, 0.1) is 0 Å². The van der Waals surface area contributed by atoms with E-state index in [9.17, 15) is 17.6 Å². The SMILES string of the molecule is FC1=C(c2ccccn2)NC(N/N=C/c2ccc(Nc3cccc(C(F)(F)F)c3)cn2)N=C1. The molecule has 0 radical (unpaired) electrons. The molecule has 168 valence electrons. The zero-order chi connectivity index (χ0) is 23.3. The third-order valence-electron chi connectivity index (χ3n) is 4.44. The highest BCUT2D eigenvalue weighted by Gasteiger charge is 2.30. The summed E-state index contributed by atoms with van der Waals surface area (Å²) in [5.74, 6) is -0.541. The first-order valence-electron chi connectivity index (χ1n) is 9.68. The van der Waals surface area contributed by atoms with E-state index in [1.54, 1.807) is 36.5 Å². The molecule has 11 heteroatoms. The number of pyridine rings is 2. The maximum Gasteiger partial charge on any atom is 0.416 e. The summed E-state index contributed by atoms with van der Waals surface area (Å²) in [7, 11) is 0. The predicted molar refractivity (Wildman–Crippen MR) is 117 cm³/mol. The monoisotopic (exact) mass is 455 g/mol. The highest BCUT2D eigenvalue weighted by atomic mass is 19.4. The van der Waals surface area contributed by atoms with Crippen molar-refractivity contribution in [2.45, 2.75) is 12.5 Å². The lowest BCUT2D eigenvalue weighted by Gasteiger charge is -2.20. The van der Waals surface area contributed by atoms with Gasteiger partial charge in [0.1, 0.15) is 5.70 Å². The molecule has 3 heterocycles. The Hall–Kier alpha value is -4.28. The van der Waals surface area contributed by atoms with Gasteiger partial charge in [-0.05, 0) is 42.5 Å². The summed E-state index contributed by atoms with van der Waals surface area (Å²) in [5, 5.41) is 9.79. The molecule has 0 bridgehead atoms. The highest BCUT2D eigenvalue weighted by Crippen LogP contribution is 2.31. The van der Waals surface area contributed by atoms with Crippen molar-refractivity contribution < 1.29 is 17.6 Å². The number of halogens is 4. The van der Waals surface area contributed by atoms with Crippen LogP contribution in [0.2, 0.25) is 0 Å². The van der Waals surface area contributed by atoms with Crippen LogP contribution in [-0.2, 0) is 6.18 Å². The molecule has 4 rings (SSSR count). The van der Waals surface area contributed by atoms with Crippen LogP contribution >= 0.6 is 0 Å². The molecule has 3 aromatic rings. The summed E-state index contributed by atoms with van der Waals surface area (Å²) in [5.41, 5.74) is 3.92. The normalized spacial score (nSPS) is 16.1. The van der Waals surface area contributed by atoms with E-state index >= 15 is 0 Å². The van der Waals surface area contributed by atoms with Crippen molar-refractivity contribution in [1.29, 1.82) is 0 Å². The van der Waals surface area contributed by atoms with Crippen LogP contribution in [0.25, 0.3) is 5.70 Å². The maximum atomic E-state index is 14.1. The fourth-order valence-electron chi connectivity index (χ4n) is 2.89. The van der Waals surface area contributed by atoms with Crippen molar-refractivity contribution >= 4 is 29.5 Å². The number of aromatic nitrogens is 2. The maximum absolute atomic E-state index is 14.1. The number of hydrogen-bond donors (Lipinski definition) is 3. The molecule has 3 N–H and O–H groups in total. The lowest BCUT2D eigenvalue weighted by molar-refractivity contribution is -0.137. The van der Waals surface area contributed by atoms with Gasteiger partial charge in [-0.15, -0.1) is 0 Å². The van der Waals surface area contributed by atoms with Gasteiger partial charge in [0.15, 0.2) is 5.83 Å². The van der Waals surface area contributed by atoms with Gasteiger partial charge in [-0.2, -0.15) is 18.3 Å². The van der Waals surface area contributed by atoms with E-state index in [4.69, 9.17) is 0 Å². The molecule has 33 heavy (non-hydrogen) atoms. The Balaban J connectivity index is 1.34. The number of allylic oxidation sites excluding steroid dienone is 1. The minimum atomic E-state index is -4.42. The Morgan fingerprint density at radius 1 is 1.00 bits per heavy atom. The smallest absolute Gasteiger partial charge is 0.354 e. The van der Waals surface area contributed by atoms with Gasteiger partial charge >= 0.3 is 6.18 Å². The number of nitrogens with zero attached hydrogens (tertiary/aromatic N) is 4. The number of hydrogen-bond acceptors (Lipinski definition) is 7. The molecule has 1 aliphatic heterocycles. The average molecular weight is 455 g/mol. The van der Waals surface area contributed by atoms with Crippen molar-refractivity contribution in [2.75, 3.05) is 5.32 Å². The number of rotatable bonds is 6. The number of aliphatic imine (C=N–C) groups is 1. The Bertz CT molecular complexity index is 1190. The number of benzene rings is 1. The van der Waals surface area contributed by atoms with Gasteiger partial charge in [-0.1, -0.05) is 12.1 Å². The summed E-state index contributed by atoms with van der Waals surface area (Å²) >= 11 is 0. The summed E-state index contributed by atoms with van der Waals surface area (Å²) < 4.78 is 52.6. The minimum Gasteiger partial charge on any atom is -0.354 e. The molecule has 1 aliphatic rings. The quantitative estimate of drug-likeness (QED) is 0.290. The van der Waals surface area contributed by atoms with Gasteiger partial charge in [-0.3, -0.25) is 15.4 Å². The third kappa shape index (κ3) is 5.70. The van der Waals surface area contributed by atoms with E-state index in [0.717, 1.165) is 18.3 Å². The van der Waals surface area contributed by atoms with Crippen molar-refractivity contribution in [3.8, 4) is 0 Å². The first kappa shape index (κ1) is 21.9. The molecule has 0 aliphatic carbocycles. The van der Waals surface area contributed by atoms with Crippen LogP contribution < -0.4 is 16.1 Å². The van der Waals surface area contributed by atoms with Crippen LogP contribution in [0.15, 0.2) is 82.9 Å². The van der Waals surface area contributed by atoms with E-state index in [2.05, 4.69) is 36.1 Å². The molecule has 1 aromatic carbocycles. The molecule has 0 fully saturated rings. The molecule has 1 unspecified atom stereocenters. The van der Waals surface area contributed by atoms with Crippen molar-refractivity contribution in [2.24, 2.45) is 10.1 Å². The molecule has 0 spiro atoms. The van der Waals surface area contributed by atoms with E-state index in [0.29, 0.717) is 22.8 Å². The average Bonchev–Trinajstić information content (AvgIpc) is 2.81. The van der Waals surface area contributed by atoms with Crippen LogP contribution in [0.1, 0.15) is 17.0 Å². The molecule has 1 atom stereocenters. The standard InChI is InChI=1S/C22H17F4N7/c23-18-13-29-21(32-20(18)19-6-1-2-9-27-19)33-30-12-16-7-8-17(11-28-16)31-15-5-3-4-14(10-15)22(24,25)26/h1-13,21,31-33H/b30-12+. The number of nitrogens with one attached hydrogen (secondary N) is 3. The van der Waals surface area contributed by atoms with Gasteiger partial charge in [0, 0.05) is 11.9 Å². The fourth-order valence-corrected chi connectivity index (χ4v) is 2.89.